The zero-order chi connectivity index (χ0) is 12.4. The summed E-state index contributed by atoms with van der Waals surface area (Å²) in [6, 6.07) is 4.68. The van der Waals surface area contributed by atoms with E-state index in [1.165, 1.54) is 4.90 Å². The molecular weight excluding hydrogens is 242 g/mol. The molecule has 1 aliphatic rings. The molecule has 0 unspecified atom stereocenters. The summed E-state index contributed by atoms with van der Waals surface area (Å²) >= 11 is 5.83. The van der Waals surface area contributed by atoms with Crippen LogP contribution in [0.1, 0.15) is 10.4 Å². The van der Waals surface area contributed by atoms with Crippen LogP contribution in [-0.2, 0) is 4.79 Å². The highest BCUT2D eigenvalue weighted by Gasteiger charge is 2.22. The number of nitrogens with zero attached hydrogens (tertiary/aromatic N) is 1. The summed E-state index contributed by atoms with van der Waals surface area (Å²) in [7, 11) is 0. The van der Waals surface area contributed by atoms with Gasteiger partial charge in [0.25, 0.3) is 5.91 Å². The van der Waals surface area contributed by atoms with Gasteiger partial charge in [0.2, 0.25) is 5.91 Å². The van der Waals surface area contributed by atoms with Crippen LogP contribution in [0, 0.1) is 0 Å². The predicted molar refractivity (Wildman–Crippen MR) is 64.8 cm³/mol. The number of nitrogens with two attached hydrogens (primary N) is 1. The number of nitrogen functional groups attached to an aromatic ring is 1. The Hall–Kier alpha value is -1.75. The second kappa shape index (κ2) is 4.63. The van der Waals surface area contributed by atoms with Gasteiger partial charge in [-0.2, -0.15) is 0 Å². The third-order valence-corrected chi connectivity index (χ3v) is 2.71. The molecule has 1 aromatic carbocycles. The van der Waals surface area contributed by atoms with Crippen molar-refractivity contribution in [1.82, 2.24) is 10.2 Å². The van der Waals surface area contributed by atoms with E-state index in [0.717, 1.165) is 0 Å². The normalized spacial score (nSPS) is 15.6. The van der Waals surface area contributed by atoms with Crippen LogP contribution >= 0.6 is 11.6 Å². The molecule has 6 heteroatoms. The first-order valence-corrected chi connectivity index (χ1v) is 5.56. The summed E-state index contributed by atoms with van der Waals surface area (Å²) < 4.78 is 0. The number of halogens is 1. The third-order valence-electron chi connectivity index (χ3n) is 2.49. The number of hydrogen-bond donors (Lipinski definition) is 2. The fourth-order valence-corrected chi connectivity index (χ4v) is 1.97. The van der Waals surface area contributed by atoms with E-state index in [1.54, 1.807) is 18.2 Å². The molecule has 0 saturated carbocycles. The van der Waals surface area contributed by atoms with Gasteiger partial charge in [-0.25, -0.2) is 0 Å². The summed E-state index contributed by atoms with van der Waals surface area (Å²) in [5.41, 5.74) is 6.46. The van der Waals surface area contributed by atoms with Gasteiger partial charge in [0.05, 0.1) is 6.54 Å². The van der Waals surface area contributed by atoms with Crippen LogP contribution in [0.3, 0.4) is 0 Å². The summed E-state index contributed by atoms with van der Waals surface area (Å²) in [4.78, 5) is 24.7. The molecule has 2 amide bonds. The number of carbonyl (C=O) groups excluding carboxylic acids is 2. The first kappa shape index (κ1) is 11.7. The Morgan fingerprint density at radius 1 is 1.41 bits per heavy atom. The fraction of sp³-hybridized carbons (Fsp3) is 0.273. The van der Waals surface area contributed by atoms with Crippen molar-refractivity contribution in [2.24, 2.45) is 0 Å². The molecule has 5 nitrogen and oxygen atoms in total. The van der Waals surface area contributed by atoms with Crippen molar-refractivity contribution in [3.05, 3.63) is 28.8 Å². The molecular formula is C11H12ClN3O2. The second-order valence-corrected chi connectivity index (χ2v) is 4.29. The Bertz CT molecular complexity index is 456. The Morgan fingerprint density at radius 2 is 2.18 bits per heavy atom. The number of nitrogens with one attached hydrogen (secondary N) is 1. The number of carbonyl (C=O) groups is 2. The quantitative estimate of drug-likeness (QED) is 0.716. The highest BCUT2D eigenvalue weighted by atomic mass is 35.5. The molecule has 3 N–H and O–H groups in total. The van der Waals surface area contributed by atoms with Crippen molar-refractivity contribution < 1.29 is 9.59 Å². The SMILES string of the molecule is Nc1cc(Cl)cc(C(=O)N2CCNC(=O)C2)c1. The molecule has 90 valence electrons. The number of hydrogen-bond acceptors (Lipinski definition) is 3. The van der Waals surface area contributed by atoms with E-state index in [1.807, 2.05) is 0 Å². The third kappa shape index (κ3) is 2.68. The minimum absolute atomic E-state index is 0.0747. The fourth-order valence-electron chi connectivity index (χ4n) is 1.73. The molecule has 0 aliphatic carbocycles. The van der Waals surface area contributed by atoms with E-state index in [9.17, 15) is 9.59 Å². The number of benzene rings is 1. The number of rotatable bonds is 1. The van der Waals surface area contributed by atoms with Gasteiger partial charge in [-0.15, -0.1) is 0 Å². The van der Waals surface area contributed by atoms with Crippen molar-refractivity contribution in [3.8, 4) is 0 Å². The molecule has 1 aromatic rings. The van der Waals surface area contributed by atoms with Crippen LogP contribution in [0.2, 0.25) is 5.02 Å². The monoisotopic (exact) mass is 253 g/mol. The van der Waals surface area contributed by atoms with Crippen molar-refractivity contribution in [3.63, 3.8) is 0 Å². The lowest BCUT2D eigenvalue weighted by molar-refractivity contribution is -0.123. The van der Waals surface area contributed by atoms with Crippen LogP contribution < -0.4 is 11.1 Å². The van der Waals surface area contributed by atoms with E-state index in [4.69, 9.17) is 17.3 Å². The molecule has 17 heavy (non-hydrogen) atoms. The Balaban J connectivity index is 2.21. The minimum atomic E-state index is -0.228. The molecule has 0 radical (unpaired) electrons. The first-order valence-electron chi connectivity index (χ1n) is 5.18. The molecule has 1 saturated heterocycles. The maximum atomic E-state index is 12.1. The van der Waals surface area contributed by atoms with E-state index in [-0.39, 0.29) is 18.4 Å². The van der Waals surface area contributed by atoms with Gasteiger partial charge in [-0.3, -0.25) is 9.59 Å². The molecule has 0 aromatic heterocycles. The maximum absolute atomic E-state index is 12.1. The van der Waals surface area contributed by atoms with E-state index in [2.05, 4.69) is 5.32 Å². The van der Waals surface area contributed by atoms with Crippen LogP contribution in [0.15, 0.2) is 18.2 Å². The zero-order valence-corrected chi connectivity index (χ0v) is 9.83. The lowest BCUT2D eigenvalue weighted by Gasteiger charge is -2.26. The summed E-state index contributed by atoms with van der Waals surface area (Å²) in [6.45, 7) is 1.04. The Morgan fingerprint density at radius 3 is 2.82 bits per heavy atom. The average Bonchev–Trinajstić information content (AvgIpc) is 2.26. The summed E-state index contributed by atoms with van der Waals surface area (Å²) in [5.74, 6) is -0.381. The second-order valence-electron chi connectivity index (χ2n) is 3.85. The van der Waals surface area contributed by atoms with Crippen molar-refractivity contribution in [2.75, 3.05) is 25.4 Å². The molecule has 0 spiro atoms. The Kier molecular flexibility index (Phi) is 3.19. The predicted octanol–water partition coefficient (Wildman–Crippen LogP) is 0.494. The number of anilines is 1. The zero-order valence-electron chi connectivity index (χ0n) is 9.07. The highest BCUT2D eigenvalue weighted by Crippen LogP contribution is 2.18. The average molecular weight is 254 g/mol. The van der Waals surface area contributed by atoms with Crippen molar-refractivity contribution >= 4 is 29.1 Å². The molecule has 1 fully saturated rings. The highest BCUT2D eigenvalue weighted by molar-refractivity contribution is 6.31. The molecule has 1 aliphatic heterocycles. The largest absolute Gasteiger partial charge is 0.399 e. The molecule has 1 heterocycles. The molecule has 2 rings (SSSR count). The van der Waals surface area contributed by atoms with E-state index < -0.39 is 0 Å². The van der Waals surface area contributed by atoms with Crippen LogP contribution in [0.25, 0.3) is 0 Å². The van der Waals surface area contributed by atoms with Gasteiger partial charge in [0, 0.05) is 29.4 Å². The standard InChI is InChI=1S/C11H12ClN3O2/c12-8-3-7(4-9(13)5-8)11(17)15-2-1-14-10(16)6-15/h3-5H,1-2,6,13H2,(H,14,16). The lowest BCUT2D eigenvalue weighted by Crippen LogP contribution is -2.49. The van der Waals surface area contributed by atoms with Gasteiger partial charge in [-0.1, -0.05) is 11.6 Å². The van der Waals surface area contributed by atoms with Crippen LogP contribution in [0.5, 0.6) is 0 Å². The topological polar surface area (TPSA) is 75.4 Å². The summed E-state index contributed by atoms with van der Waals surface area (Å²) in [5, 5.41) is 3.07. The van der Waals surface area contributed by atoms with Gasteiger partial charge in [0.15, 0.2) is 0 Å². The van der Waals surface area contributed by atoms with Crippen LogP contribution in [0.4, 0.5) is 5.69 Å². The maximum Gasteiger partial charge on any atom is 0.254 e. The Labute approximate surface area is 104 Å². The molecule has 0 bridgehead atoms. The molecule has 0 atom stereocenters. The number of piperazine rings is 1. The minimum Gasteiger partial charge on any atom is -0.399 e. The van der Waals surface area contributed by atoms with Gasteiger partial charge in [0.1, 0.15) is 0 Å². The lowest BCUT2D eigenvalue weighted by atomic mass is 10.1. The van der Waals surface area contributed by atoms with E-state index >= 15 is 0 Å². The van der Waals surface area contributed by atoms with Gasteiger partial charge >= 0.3 is 0 Å². The number of amides is 2. The van der Waals surface area contributed by atoms with Crippen LogP contribution in [-0.4, -0.2) is 36.3 Å². The first-order chi connectivity index (χ1) is 8.06. The smallest absolute Gasteiger partial charge is 0.254 e. The van der Waals surface area contributed by atoms with Gasteiger partial charge < -0.3 is 16.0 Å². The van der Waals surface area contributed by atoms with Crippen molar-refractivity contribution in [2.45, 2.75) is 0 Å². The van der Waals surface area contributed by atoms with Crippen molar-refractivity contribution in [1.29, 1.82) is 0 Å². The van der Waals surface area contributed by atoms with Gasteiger partial charge in [-0.05, 0) is 18.2 Å². The summed E-state index contributed by atoms with van der Waals surface area (Å²) in [6.07, 6.45) is 0. The van der Waals surface area contributed by atoms with E-state index in [0.29, 0.717) is 29.4 Å².